The van der Waals surface area contributed by atoms with Crippen molar-refractivity contribution in [3.05, 3.63) is 29.3 Å². The van der Waals surface area contributed by atoms with Crippen LogP contribution in [0.3, 0.4) is 0 Å². The van der Waals surface area contributed by atoms with Crippen molar-refractivity contribution in [2.75, 3.05) is 13.2 Å². The zero-order chi connectivity index (χ0) is 10.7. The molecular formula is C12H11NO2. The van der Waals surface area contributed by atoms with Crippen LogP contribution >= 0.6 is 0 Å². The van der Waals surface area contributed by atoms with E-state index in [1.807, 2.05) is 6.07 Å². The SMILES string of the molecule is NCC#Cc1ccc2c(c1)OCCC2=O. The van der Waals surface area contributed by atoms with E-state index >= 15 is 0 Å². The molecular weight excluding hydrogens is 190 g/mol. The number of carbonyl (C=O) groups is 1. The van der Waals surface area contributed by atoms with Gasteiger partial charge >= 0.3 is 0 Å². The molecule has 1 aromatic carbocycles. The summed E-state index contributed by atoms with van der Waals surface area (Å²) in [5.41, 5.74) is 6.76. The Labute approximate surface area is 88.2 Å². The maximum absolute atomic E-state index is 11.5. The average Bonchev–Trinajstić information content (AvgIpc) is 2.26. The Balaban J connectivity index is 2.37. The van der Waals surface area contributed by atoms with Gasteiger partial charge in [0.1, 0.15) is 5.75 Å². The van der Waals surface area contributed by atoms with Gasteiger partial charge in [-0.2, -0.15) is 0 Å². The monoisotopic (exact) mass is 201 g/mol. The fourth-order valence-corrected chi connectivity index (χ4v) is 1.49. The number of Topliss-reactive ketones (excluding diaryl/α,β-unsaturated/α-hetero) is 1. The van der Waals surface area contributed by atoms with Gasteiger partial charge in [0.25, 0.3) is 0 Å². The Morgan fingerprint density at radius 2 is 2.33 bits per heavy atom. The molecule has 0 saturated carbocycles. The van der Waals surface area contributed by atoms with E-state index in [0.717, 1.165) is 5.56 Å². The number of hydrogen-bond donors (Lipinski definition) is 1. The summed E-state index contributed by atoms with van der Waals surface area (Å²) in [6.45, 7) is 0.788. The molecule has 0 unspecified atom stereocenters. The number of hydrogen-bond acceptors (Lipinski definition) is 3. The first-order chi connectivity index (χ1) is 7.31. The molecule has 76 valence electrons. The predicted molar refractivity (Wildman–Crippen MR) is 56.8 cm³/mol. The zero-order valence-electron chi connectivity index (χ0n) is 8.25. The van der Waals surface area contributed by atoms with Crippen molar-refractivity contribution in [3.63, 3.8) is 0 Å². The first-order valence-corrected chi connectivity index (χ1v) is 4.80. The van der Waals surface area contributed by atoms with Crippen LogP contribution in [0, 0.1) is 11.8 Å². The van der Waals surface area contributed by atoms with Crippen molar-refractivity contribution >= 4 is 5.78 Å². The molecule has 1 aliphatic rings. The Hall–Kier alpha value is -1.79. The van der Waals surface area contributed by atoms with Gasteiger partial charge in [0.2, 0.25) is 0 Å². The maximum atomic E-state index is 11.5. The van der Waals surface area contributed by atoms with Crippen molar-refractivity contribution in [2.24, 2.45) is 5.73 Å². The lowest BCUT2D eigenvalue weighted by atomic mass is 10.0. The molecule has 0 amide bonds. The van der Waals surface area contributed by atoms with Gasteiger partial charge < -0.3 is 10.5 Å². The van der Waals surface area contributed by atoms with E-state index in [4.69, 9.17) is 10.5 Å². The fourth-order valence-electron chi connectivity index (χ4n) is 1.49. The highest BCUT2D eigenvalue weighted by Gasteiger charge is 2.17. The van der Waals surface area contributed by atoms with Crippen molar-refractivity contribution in [3.8, 4) is 17.6 Å². The van der Waals surface area contributed by atoms with Crippen LogP contribution < -0.4 is 10.5 Å². The molecule has 3 heteroatoms. The topological polar surface area (TPSA) is 52.3 Å². The molecule has 1 aromatic rings. The predicted octanol–water partition coefficient (Wildman–Crippen LogP) is 0.962. The molecule has 1 aliphatic heterocycles. The van der Waals surface area contributed by atoms with Gasteiger partial charge in [0, 0.05) is 12.0 Å². The van der Waals surface area contributed by atoms with Crippen LogP contribution in [-0.4, -0.2) is 18.9 Å². The molecule has 0 radical (unpaired) electrons. The lowest BCUT2D eigenvalue weighted by molar-refractivity contribution is 0.0933. The lowest BCUT2D eigenvalue weighted by Gasteiger charge is -2.15. The number of carbonyl (C=O) groups excluding carboxylic acids is 1. The minimum Gasteiger partial charge on any atom is -0.492 e. The molecule has 3 nitrogen and oxygen atoms in total. The van der Waals surface area contributed by atoms with Crippen molar-refractivity contribution < 1.29 is 9.53 Å². The van der Waals surface area contributed by atoms with E-state index in [1.54, 1.807) is 12.1 Å². The largest absolute Gasteiger partial charge is 0.492 e. The summed E-state index contributed by atoms with van der Waals surface area (Å²) in [6.07, 6.45) is 0.459. The summed E-state index contributed by atoms with van der Waals surface area (Å²) in [5, 5.41) is 0. The van der Waals surface area contributed by atoms with Crippen LogP contribution in [0.4, 0.5) is 0 Å². The van der Waals surface area contributed by atoms with Crippen molar-refractivity contribution in [1.29, 1.82) is 0 Å². The lowest BCUT2D eigenvalue weighted by Crippen LogP contribution is -2.15. The summed E-state index contributed by atoms with van der Waals surface area (Å²) >= 11 is 0. The van der Waals surface area contributed by atoms with E-state index < -0.39 is 0 Å². The summed E-state index contributed by atoms with van der Waals surface area (Å²) in [4.78, 5) is 11.5. The molecule has 2 N–H and O–H groups in total. The quantitative estimate of drug-likeness (QED) is 0.636. The first-order valence-electron chi connectivity index (χ1n) is 4.80. The van der Waals surface area contributed by atoms with Crippen LogP contribution in [0.5, 0.6) is 5.75 Å². The normalized spacial score (nSPS) is 13.5. The standard InChI is InChI=1S/C12H11NO2/c13-6-1-2-9-3-4-10-11(14)5-7-15-12(10)8-9/h3-4,8H,5-7,13H2. The highest BCUT2D eigenvalue weighted by molar-refractivity contribution is 5.99. The van der Waals surface area contributed by atoms with Crippen molar-refractivity contribution in [2.45, 2.75) is 6.42 Å². The molecule has 0 bridgehead atoms. The maximum Gasteiger partial charge on any atom is 0.169 e. The van der Waals surface area contributed by atoms with Crippen LogP contribution in [0.25, 0.3) is 0 Å². The number of ketones is 1. The van der Waals surface area contributed by atoms with Crippen LogP contribution in [0.2, 0.25) is 0 Å². The average molecular weight is 201 g/mol. The van der Waals surface area contributed by atoms with E-state index in [-0.39, 0.29) is 5.78 Å². The number of fused-ring (bicyclic) bond motifs is 1. The summed E-state index contributed by atoms with van der Waals surface area (Å²) < 4.78 is 5.39. The van der Waals surface area contributed by atoms with E-state index in [1.165, 1.54) is 0 Å². The smallest absolute Gasteiger partial charge is 0.169 e. The first kappa shape index (κ1) is 9.75. The molecule has 15 heavy (non-hydrogen) atoms. The Morgan fingerprint density at radius 1 is 1.47 bits per heavy atom. The number of nitrogens with two attached hydrogens (primary N) is 1. The summed E-state index contributed by atoms with van der Waals surface area (Å²) in [6, 6.07) is 5.36. The van der Waals surface area contributed by atoms with Gasteiger partial charge in [-0.05, 0) is 18.2 Å². The third-order valence-corrected chi connectivity index (χ3v) is 2.20. The third kappa shape index (κ3) is 2.00. The number of benzene rings is 1. The van der Waals surface area contributed by atoms with Crippen LogP contribution in [-0.2, 0) is 0 Å². The summed E-state index contributed by atoms with van der Waals surface area (Å²) in [7, 11) is 0. The highest BCUT2D eigenvalue weighted by Crippen LogP contribution is 2.25. The molecule has 0 aromatic heterocycles. The van der Waals surface area contributed by atoms with Gasteiger partial charge in [-0.1, -0.05) is 11.8 Å². The van der Waals surface area contributed by atoms with Crippen molar-refractivity contribution in [1.82, 2.24) is 0 Å². The van der Waals surface area contributed by atoms with Gasteiger partial charge in [0.15, 0.2) is 5.78 Å². The van der Waals surface area contributed by atoms with Gasteiger partial charge in [-0.25, -0.2) is 0 Å². The van der Waals surface area contributed by atoms with Gasteiger partial charge in [0.05, 0.1) is 18.7 Å². The number of ether oxygens (including phenoxy) is 1. The Bertz CT molecular complexity index is 454. The zero-order valence-corrected chi connectivity index (χ0v) is 8.25. The highest BCUT2D eigenvalue weighted by atomic mass is 16.5. The molecule has 0 aliphatic carbocycles. The van der Waals surface area contributed by atoms with E-state index in [9.17, 15) is 4.79 Å². The minimum absolute atomic E-state index is 0.134. The molecule has 0 atom stereocenters. The summed E-state index contributed by atoms with van der Waals surface area (Å²) in [5.74, 6) is 6.43. The van der Waals surface area contributed by atoms with Crippen LogP contribution in [0.15, 0.2) is 18.2 Å². The molecule has 2 rings (SSSR count). The number of rotatable bonds is 0. The second-order valence-corrected chi connectivity index (χ2v) is 3.24. The van der Waals surface area contributed by atoms with E-state index in [2.05, 4.69) is 11.8 Å². The minimum atomic E-state index is 0.134. The third-order valence-electron chi connectivity index (χ3n) is 2.20. The van der Waals surface area contributed by atoms with E-state index in [0.29, 0.717) is 30.9 Å². The van der Waals surface area contributed by atoms with Crippen LogP contribution in [0.1, 0.15) is 22.3 Å². The fraction of sp³-hybridized carbons (Fsp3) is 0.250. The second-order valence-electron chi connectivity index (χ2n) is 3.24. The molecule has 0 spiro atoms. The molecule has 0 fully saturated rings. The Morgan fingerprint density at radius 3 is 3.13 bits per heavy atom. The van der Waals surface area contributed by atoms with Gasteiger partial charge in [-0.15, -0.1) is 0 Å². The Kier molecular flexibility index (Phi) is 2.70. The molecule has 1 heterocycles. The molecule has 0 saturated heterocycles. The van der Waals surface area contributed by atoms with Gasteiger partial charge in [-0.3, -0.25) is 4.79 Å². The second kappa shape index (κ2) is 4.16.